The maximum atomic E-state index is 13.0. The van der Waals surface area contributed by atoms with Gasteiger partial charge < -0.3 is 19.1 Å². The van der Waals surface area contributed by atoms with Crippen LogP contribution in [0.25, 0.3) is 0 Å². The smallest absolute Gasteiger partial charge is 0.308 e. The van der Waals surface area contributed by atoms with Crippen molar-refractivity contribution in [3.05, 3.63) is 0 Å². The number of rotatable bonds is 54. The van der Waals surface area contributed by atoms with Crippen molar-refractivity contribution in [2.45, 2.75) is 323 Å². The predicted octanol–water partition coefficient (Wildman–Crippen LogP) is 18.4. The van der Waals surface area contributed by atoms with Gasteiger partial charge in [0.15, 0.2) is 0 Å². The van der Waals surface area contributed by atoms with Gasteiger partial charge in [-0.15, -0.1) is 0 Å². The summed E-state index contributed by atoms with van der Waals surface area (Å²) in [7, 11) is 4.17. The maximum Gasteiger partial charge on any atom is 0.308 e. The summed E-state index contributed by atoms with van der Waals surface area (Å²) in [5, 5.41) is 0. The van der Waals surface area contributed by atoms with Crippen molar-refractivity contribution in [2.75, 3.05) is 33.9 Å². The van der Waals surface area contributed by atoms with E-state index in [2.05, 4.69) is 46.7 Å². The molecule has 0 saturated heterocycles. The fourth-order valence-corrected chi connectivity index (χ4v) is 9.59. The minimum Gasteiger partial charge on any atom is -0.465 e. The average Bonchev–Trinajstić information content (AvgIpc) is 3.31. The first-order valence-corrected chi connectivity index (χ1v) is 30.0. The zero-order valence-electron chi connectivity index (χ0n) is 46.1. The normalized spacial score (nSPS) is 12.9. The second kappa shape index (κ2) is 52.2. The van der Waals surface area contributed by atoms with E-state index in [-0.39, 0.29) is 35.8 Å². The summed E-state index contributed by atoms with van der Waals surface area (Å²) >= 11 is 0. The molecular weight excluding hydrogens is 831 g/mol. The topological polar surface area (TPSA) is 82.1 Å². The van der Waals surface area contributed by atoms with E-state index in [1.54, 1.807) is 0 Å². The van der Waals surface area contributed by atoms with Crippen LogP contribution in [-0.4, -0.2) is 62.8 Å². The molecule has 7 nitrogen and oxygen atoms in total. The van der Waals surface area contributed by atoms with E-state index in [0.717, 1.165) is 122 Å². The highest BCUT2D eigenvalue weighted by Gasteiger charge is 2.21. The van der Waals surface area contributed by atoms with Crippen molar-refractivity contribution in [2.24, 2.45) is 11.8 Å². The molecule has 0 aromatic rings. The van der Waals surface area contributed by atoms with Gasteiger partial charge in [-0.3, -0.25) is 14.4 Å². The molecule has 67 heavy (non-hydrogen) atoms. The lowest BCUT2D eigenvalue weighted by molar-refractivity contribution is -0.150. The second-order valence-corrected chi connectivity index (χ2v) is 21.1. The SMILES string of the molecule is CCCCCCCCC(CCCCCC)C(=O)OCCCCCCCCCCCC(CCCCCCCCCOC(=O)C(CCCCCC)CCCCCCCC)OC(=O)CCCCN(C)C. The van der Waals surface area contributed by atoms with E-state index in [0.29, 0.717) is 19.6 Å². The first-order chi connectivity index (χ1) is 32.8. The molecule has 3 atom stereocenters. The van der Waals surface area contributed by atoms with E-state index in [1.165, 1.54) is 167 Å². The van der Waals surface area contributed by atoms with Crippen LogP contribution in [0, 0.1) is 11.8 Å². The van der Waals surface area contributed by atoms with Gasteiger partial charge in [0, 0.05) is 6.42 Å². The zero-order valence-corrected chi connectivity index (χ0v) is 46.1. The highest BCUT2D eigenvalue weighted by atomic mass is 16.5. The largest absolute Gasteiger partial charge is 0.465 e. The molecule has 0 rings (SSSR count). The van der Waals surface area contributed by atoms with Crippen LogP contribution < -0.4 is 0 Å². The number of carbonyl (C=O) groups excluding carboxylic acids is 3. The minimum atomic E-state index is -0.0140. The number of hydrogen-bond donors (Lipinski definition) is 0. The van der Waals surface area contributed by atoms with E-state index < -0.39 is 0 Å². The van der Waals surface area contributed by atoms with Gasteiger partial charge in [-0.25, -0.2) is 0 Å². The molecule has 0 aromatic carbocycles. The molecule has 3 unspecified atom stereocenters. The van der Waals surface area contributed by atoms with Crippen LogP contribution in [0.5, 0.6) is 0 Å². The molecule has 0 amide bonds. The molecule has 0 aliphatic rings. The van der Waals surface area contributed by atoms with Gasteiger partial charge in [-0.2, -0.15) is 0 Å². The Balaban J connectivity index is 4.38. The van der Waals surface area contributed by atoms with E-state index >= 15 is 0 Å². The van der Waals surface area contributed by atoms with Crippen molar-refractivity contribution >= 4 is 17.9 Å². The van der Waals surface area contributed by atoms with Crippen molar-refractivity contribution in [1.82, 2.24) is 4.90 Å². The predicted molar refractivity (Wildman–Crippen MR) is 288 cm³/mol. The Morgan fingerprint density at radius 2 is 0.627 bits per heavy atom. The van der Waals surface area contributed by atoms with Crippen LogP contribution in [0.4, 0.5) is 0 Å². The molecule has 0 saturated carbocycles. The van der Waals surface area contributed by atoms with Crippen molar-refractivity contribution in [1.29, 1.82) is 0 Å². The Bertz CT molecular complexity index is 1050. The molecule has 0 fully saturated rings. The maximum absolute atomic E-state index is 13.0. The summed E-state index contributed by atoms with van der Waals surface area (Å²) in [6.07, 6.45) is 52.2. The third-order valence-electron chi connectivity index (χ3n) is 14.2. The molecule has 0 radical (unpaired) electrons. The van der Waals surface area contributed by atoms with Crippen LogP contribution in [0.3, 0.4) is 0 Å². The van der Waals surface area contributed by atoms with E-state index in [1.807, 2.05) is 0 Å². The van der Waals surface area contributed by atoms with Crippen molar-refractivity contribution < 1.29 is 28.6 Å². The third kappa shape index (κ3) is 46.5. The molecule has 0 N–H and O–H groups in total. The molecule has 398 valence electrons. The summed E-state index contributed by atoms with van der Waals surface area (Å²) in [4.78, 5) is 40.9. The molecule has 0 bridgehead atoms. The molecule has 0 heterocycles. The summed E-state index contributed by atoms with van der Waals surface area (Å²) in [6, 6.07) is 0. The second-order valence-electron chi connectivity index (χ2n) is 21.1. The number of esters is 3. The van der Waals surface area contributed by atoms with Gasteiger partial charge in [0.1, 0.15) is 6.10 Å². The van der Waals surface area contributed by atoms with Crippen molar-refractivity contribution in [3.8, 4) is 0 Å². The molecule has 0 aliphatic heterocycles. The van der Waals surface area contributed by atoms with Gasteiger partial charge in [0.25, 0.3) is 0 Å². The molecule has 0 spiro atoms. The fraction of sp³-hybridized carbons (Fsp3) is 0.950. The quantitative estimate of drug-likeness (QED) is 0.0341. The highest BCUT2D eigenvalue weighted by Crippen LogP contribution is 2.23. The van der Waals surface area contributed by atoms with Crippen LogP contribution in [-0.2, 0) is 28.6 Å². The van der Waals surface area contributed by atoms with Crippen LogP contribution >= 0.6 is 0 Å². The van der Waals surface area contributed by atoms with Gasteiger partial charge in [0.2, 0.25) is 0 Å². The minimum absolute atomic E-state index is 0.0140. The van der Waals surface area contributed by atoms with Crippen molar-refractivity contribution in [3.63, 3.8) is 0 Å². The first kappa shape index (κ1) is 65.4. The fourth-order valence-electron chi connectivity index (χ4n) is 9.59. The highest BCUT2D eigenvalue weighted by molar-refractivity contribution is 5.72. The number of ether oxygens (including phenoxy) is 3. The Kier molecular flexibility index (Phi) is 50.9. The molecule has 0 aliphatic carbocycles. The van der Waals surface area contributed by atoms with Gasteiger partial charge >= 0.3 is 17.9 Å². The number of nitrogens with zero attached hydrogens (tertiary/aromatic N) is 1. The Hall–Kier alpha value is -1.63. The van der Waals surface area contributed by atoms with E-state index in [9.17, 15) is 14.4 Å². The van der Waals surface area contributed by atoms with E-state index in [4.69, 9.17) is 14.2 Å². The lowest BCUT2D eigenvalue weighted by Gasteiger charge is -2.18. The lowest BCUT2D eigenvalue weighted by Crippen LogP contribution is -2.19. The standard InChI is InChI=1S/C60H117NO6/c1-7-11-15-19-29-37-47-55(45-35-17-13-9-3)59(63)65-53-43-33-27-23-21-22-25-31-39-49-57(67-58(62)51-41-42-52-61(5)6)50-40-32-26-24-28-34-44-54-66-60(64)56(46-36-18-14-10-4)48-38-30-20-16-12-8-2/h55-57H,7-54H2,1-6H3. The summed E-state index contributed by atoms with van der Waals surface area (Å²) in [5.41, 5.74) is 0. The van der Waals surface area contributed by atoms with Crippen LogP contribution in [0.2, 0.25) is 0 Å². The summed E-state index contributed by atoms with van der Waals surface area (Å²) in [6.45, 7) is 11.2. The van der Waals surface area contributed by atoms with Crippen LogP contribution in [0.1, 0.15) is 317 Å². The average molecular weight is 949 g/mol. The Labute approximate surface area is 418 Å². The summed E-state index contributed by atoms with van der Waals surface area (Å²) in [5.74, 6) is 0.302. The third-order valence-corrected chi connectivity index (χ3v) is 14.2. The number of unbranched alkanes of at least 4 members (excludes halogenated alkanes) is 31. The van der Waals surface area contributed by atoms with Gasteiger partial charge in [0.05, 0.1) is 25.0 Å². The number of hydrogen-bond acceptors (Lipinski definition) is 7. The van der Waals surface area contributed by atoms with Crippen LogP contribution in [0.15, 0.2) is 0 Å². The summed E-state index contributed by atoms with van der Waals surface area (Å²) < 4.78 is 17.7. The Morgan fingerprint density at radius 3 is 0.955 bits per heavy atom. The van der Waals surface area contributed by atoms with Gasteiger partial charge in [-0.1, -0.05) is 233 Å². The zero-order chi connectivity index (χ0) is 49.1. The van der Waals surface area contributed by atoms with Gasteiger partial charge in [-0.05, 0) is 97.7 Å². The molecule has 7 heteroatoms. The first-order valence-electron chi connectivity index (χ1n) is 30.0. The monoisotopic (exact) mass is 948 g/mol. The molecule has 0 aromatic heterocycles. The Morgan fingerprint density at radius 1 is 0.343 bits per heavy atom. The number of carbonyl (C=O) groups is 3. The lowest BCUT2D eigenvalue weighted by atomic mass is 9.94. The molecular formula is C60H117NO6.